The second-order valence-electron chi connectivity index (χ2n) is 4.56. The molecular formula is C12H16ClN3O. The van der Waals surface area contributed by atoms with Crippen molar-refractivity contribution in [2.24, 2.45) is 5.92 Å². The molecule has 1 aromatic rings. The molecule has 0 bridgehead atoms. The van der Waals surface area contributed by atoms with Crippen LogP contribution in [0.4, 0.5) is 0 Å². The summed E-state index contributed by atoms with van der Waals surface area (Å²) in [6.07, 6.45) is 6.21. The predicted octanol–water partition coefficient (Wildman–Crippen LogP) is 2.39. The lowest BCUT2D eigenvalue weighted by Crippen LogP contribution is -2.32. The fourth-order valence-corrected chi connectivity index (χ4v) is 2.22. The van der Waals surface area contributed by atoms with E-state index in [1.807, 2.05) is 4.90 Å². The average molecular weight is 254 g/mol. The van der Waals surface area contributed by atoms with Gasteiger partial charge in [0.2, 0.25) is 0 Å². The number of likely N-dealkylation sites (tertiary alicyclic amines) is 1. The Labute approximate surface area is 106 Å². The second-order valence-corrected chi connectivity index (χ2v) is 4.94. The Hall–Kier alpha value is -1.16. The molecule has 17 heavy (non-hydrogen) atoms. The van der Waals surface area contributed by atoms with Crippen LogP contribution < -0.4 is 0 Å². The van der Waals surface area contributed by atoms with Gasteiger partial charge in [-0.2, -0.15) is 0 Å². The van der Waals surface area contributed by atoms with E-state index in [4.69, 9.17) is 11.6 Å². The molecule has 0 spiro atoms. The van der Waals surface area contributed by atoms with E-state index < -0.39 is 0 Å². The first-order valence-electron chi connectivity index (χ1n) is 5.93. The normalized spacial score (nSPS) is 21.1. The quantitative estimate of drug-likeness (QED) is 0.772. The van der Waals surface area contributed by atoms with E-state index in [0.29, 0.717) is 11.6 Å². The minimum atomic E-state index is -0.0610. The molecule has 1 aliphatic heterocycles. The van der Waals surface area contributed by atoms with Gasteiger partial charge in [-0.1, -0.05) is 18.5 Å². The summed E-state index contributed by atoms with van der Waals surface area (Å²) in [5.74, 6) is 0.632. The number of amides is 1. The van der Waals surface area contributed by atoms with Crippen molar-refractivity contribution in [2.75, 3.05) is 13.1 Å². The Balaban J connectivity index is 2.09. The third-order valence-corrected chi connectivity index (χ3v) is 3.31. The van der Waals surface area contributed by atoms with E-state index in [-0.39, 0.29) is 11.1 Å². The second kappa shape index (κ2) is 5.45. The molecule has 2 rings (SSSR count). The van der Waals surface area contributed by atoms with Gasteiger partial charge in [0.25, 0.3) is 5.91 Å². The van der Waals surface area contributed by atoms with Crippen LogP contribution in [0, 0.1) is 5.92 Å². The van der Waals surface area contributed by atoms with Gasteiger partial charge in [-0.05, 0) is 25.2 Å². The van der Waals surface area contributed by atoms with Crippen LogP contribution in [0.3, 0.4) is 0 Å². The molecule has 1 atom stereocenters. The first-order chi connectivity index (χ1) is 8.16. The van der Waals surface area contributed by atoms with Crippen LogP contribution in [0.5, 0.6) is 0 Å². The Morgan fingerprint density at radius 3 is 3.00 bits per heavy atom. The molecule has 5 heteroatoms. The summed E-state index contributed by atoms with van der Waals surface area (Å²) < 4.78 is 0. The number of rotatable bonds is 1. The number of hydrogen-bond donors (Lipinski definition) is 0. The van der Waals surface area contributed by atoms with Crippen molar-refractivity contribution in [1.82, 2.24) is 14.9 Å². The highest BCUT2D eigenvalue weighted by molar-refractivity contribution is 6.29. The van der Waals surface area contributed by atoms with E-state index in [0.717, 1.165) is 25.9 Å². The monoisotopic (exact) mass is 253 g/mol. The van der Waals surface area contributed by atoms with Gasteiger partial charge in [0.15, 0.2) is 0 Å². The third kappa shape index (κ3) is 3.16. The van der Waals surface area contributed by atoms with Crippen molar-refractivity contribution in [3.8, 4) is 0 Å². The van der Waals surface area contributed by atoms with Crippen molar-refractivity contribution in [1.29, 1.82) is 0 Å². The Kier molecular flexibility index (Phi) is 3.94. The van der Waals surface area contributed by atoms with Gasteiger partial charge in [-0.3, -0.25) is 9.78 Å². The van der Waals surface area contributed by atoms with Crippen LogP contribution in [-0.2, 0) is 0 Å². The van der Waals surface area contributed by atoms with E-state index in [9.17, 15) is 4.79 Å². The lowest BCUT2D eigenvalue weighted by molar-refractivity contribution is 0.0754. The fraction of sp³-hybridized carbons (Fsp3) is 0.583. The summed E-state index contributed by atoms with van der Waals surface area (Å²) in [6.45, 7) is 3.83. The van der Waals surface area contributed by atoms with Crippen LogP contribution >= 0.6 is 11.6 Å². The molecule has 0 saturated carbocycles. The van der Waals surface area contributed by atoms with Crippen molar-refractivity contribution in [3.63, 3.8) is 0 Å². The summed E-state index contributed by atoms with van der Waals surface area (Å²) in [6, 6.07) is 0. The van der Waals surface area contributed by atoms with E-state index in [1.165, 1.54) is 18.8 Å². The number of carbonyl (C=O) groups is 1. The molecule has 2 heterocycles. The number of halogens is 1. The lowest BCUT2D eigenvalue weighted by Gasteiger charge is -2.19. The van der Waals surface area contributed by atoms with E-state index in [1.54, 1.807) is 0 Å². The highest BCUT2D eigenvalue weighted by Gasteiger charge is 2.20. The minimum Gasteiger partial charge on any atom is -0.337 e. The summed E-state index contributed by atoms with van der Waals surface area (Å²) in [5.41, 5.74) is 0.340. The standard InChI is InChI=1S/C12H16ClN3O/c1-9-3-2-5-16(6-4-9)12(17)10-7-14-8-11(13)15-10/h7-9H,2-6H2,1H3. The molecule has 1 amide bonds. The zero-order valence-corrected chi connectivity index (χ0v) is 10.7. The molecule has 0 aliphatic carbocycles. The van der Waals surface area contributed by atoms with Crippen LogP contribution in [0.15, 0.2) is 12.4 Å². The predicted molar refractivity (Wildman–Crippen MR) is 66.0 cm³/mol. The smallest absolute Gasteiger partial charge is 0.274 e. The van der Waals surface area contributed by atoms with Gasteiger partial charge in [0.1, 0.15) is 10.8 Å². The van der Waals surface area contributed by atoms with E-state index in [2.05, 4.69) is 16.9 Å². The Morgan fingerprint density at radius 2 is 2.24 bits per heavy atom. The summed E-state index contributed by atoms with van der Waals surface area (Å²) in [4.78, 5) is 21.9. The molecule has 1 aliphatic rings. The zero-order valence-electron chi connectivity index (χ0n) is 9.90. The first kappa shape index (κ1) is 12.3. The average Bonchev–Trinajstić information content (AvgIpc) is 2.53. The fourth-order valence-electron chi connectivity index (χ4n) is 2.07. The molecule has 0 N–H and O–H groups in total. The molecule has 1 unspecified atom stereocenters. The summed E-state index contributed by atoms with van der Waals surface area (Å²) in [5, 5.41) is 0.263. The number of carbonyl (C=O) groups excluding carboxylic acids is 1. The van der Waals surface area contributed by atoms with Crippen molar-refractivity contribution < 1.29 is 4.79 Å². The Morgan fingerprint density at radius 1 is 1.41 bits per heavy atom. The number of nitrogens with zero attached hydrogens (tertiary/aromatic N) is 3. The maximum absolute atomic E-state index is 12.2. The van der Waals surface area contributed by atoms with Gasteiger partial charge >= 0.3 is 0 Å². The lowest BCUT2D eigenvalue weighted by atomic mass is 10.0. The molecule has 0 aromatic carbocycles. The summed E-state index contributed by atoms with van der Waals surface area (Å²) >= 11 is 5.74. The minimum absolute atomic E-state index is 0.0610. The SMILES string of the molecule is CC1CCCN(C(=O)c2cncc(Cl)n2)CC1. The number of hydrogen-bond acceptors (Lipinski definition) is 3. The van der Waals surface area contributed by atoms with Gasteiger partial charge in [-0.25, -0.2) is 4.98 Å². The maximum Gasteiger partial charge on any atom is 0.274 e. The highest BCUT2D eigenvalue weighted by Crippen LogP contribution is 2.17. The van der Waals surface area contributed by atoms with Crippen molar-refractivity contribution in [2.45, 2.75) is 26.2 Å². The van der Waals surface area contributed by atoms with Crippen LogP contribution in [-0.4, -0.2) is 33.9 Å². The topological polar surface area (TPSA) is 46.1 Å². The molecule has 4 nitrogen and oxygen atoms in total. The molecule has 92 valence electrons. The molecule has 1 aromatic heterocycles. The molecule has 1 saturated heterocycles. The molecular weight excluding hydrogens is 238 g/mol. The van der Waals surface area contributed by atoms with Gasteiger partial charge in [0, 0.05) is 13.1 Å². The van der Waals surface area contributed by atoms with Gasteiger partial charge in [-0.15, -0.1) is 0 Å². The van der Waals surface area contributed by atoms with Crippen LogP contribution in [0.1, 0.15) is 36.7 Å². The number of aromatic nitrogens is 2. The zero-order chi connectivity index (χ0) is 12.3. The van der Waals surface area contributed by atoms with Crippen LogP contribution in [0.25, 0.3) is 0 Å². The van der Waals surface area contributed by atoms with Crippen molar-refractivity contribution >= 4 is 17.5 Å². The van der Waals surface area contributed by atoms with E-state index >= 15 is 0 Å². The first-order valence-corrected chi connectivity index (χ1v) is 6.31. The largest absolute Gasteiger partial charge is 0.337 e. The van der Waals surface area contributed by atoms with Crippen molar-refractivity contribution in [3.05, 3.63) is 23.2 Å². The van der Waals surface area contributed by atoms with Gasteiger partial charge in [0.05, 0.1) is 12.4 Å². The molecule has 0 radical (unpaired) electrons. The Bertz CT molecular complexity index is 410. The molecule has 1 fully saturated rings. The summed E-state index contributed by atoms with van der Waals surface area (Å²) in [7, 11) is 0. The third-order valence-electron chi connectivity index (χ3n) is 3.13. The van der Waals surface area contributed by atoms with Gasteiger partial charge < -0.3 is 4.90 Å². The maximum atomic E-state index is 12.2. The van der Waals surface area contributed by atoms with Crippen LogP contribution in [0.2, 0.25) is 5.15 Å². The highest BCUT2D eigenvalue weighted by atomic mass is 35.5.